The highest BCUT2D eigenvalue weighted by Crippen LogP contribution is 2.38. The van der Waals surface area contributed by atoms with Gasteiger partial charge in [0.15, 0.2) is 12.1 Å². The Labute approximate surface area is 207 Å². The standard InChI is InChI=1S/C20H17Cl2N9O4/c1-28(2)20-25-18(24-19(23)26-20)13-9-29(27-17(13)12-5-3-10(21)7-14(12)22)15-6-4-11(30(32)33)8-16(15)31(34)35/h3-9,18H,1-2H3,(H3,23,24,25,26). The molecule has 1 atom stereocenters. The van der Waals surface area contributed by atoms with Crippen molar-refractivity contribution in [1.82, 2.24) is 20.0 Å². The average Bonchev–Trinajstić information content (AvgIpc) is 3.23. The molecule has 2 heterocycles. The Balaban J connectivity index is 1.96. The molecular formula is C20H17Cl2N9O4. The maximum atomic E-state index is 11.7. The van der Waals surface area contributed by atoms with Crippen molar-refractivity contribution in [3.8, 4) is 16.9 Å². The Hall–Kier alpha value is -4.23. The van der Waals surface area contributed by atoms with E-state index in [4.69, 9.17) is 28.9 Å². The molecular weight excluding hydrogens is 501 g/mol. The number of nitro benzene ring substituents is 2. The zero-order chi connectivity index (χ0) is 25.4. The van der Waals surface area contributed by atoms with Gasteiger partial charge >= 0.3 is 5.69 Å². The van der Waals surface area contributed by atoms with E-state index in [0.29, 0.717) is 27.8 Å². The van der Waals surface area contributed by atoms with Gasteiger partial charge in [-0.25, -0.2) is 14.7 Å². The Morgan fingerprint density at radius 3 is 2.46 bits per heavy atom. The van der Waals surface area contributed by atoms with Gasteiger partial charge in [0.05, 0.1) is 20.9 Å². The van der Waals surface area contributed by atoms with Crippen molar-refractivity contribution in [1.29, 1.82) is 0 Å². The molecule has 1 aliphatic rings. The minimum absolute atomic E-state index is 0.000819. The lowest BCUT2D eigenvalue weighted by Crippen LogP contribution is -2.46. The SMILES string of the molecule is CN(C)C1=NC(c2cn(-c3ccc([N+](=O)[O-])cc3[N+](=O)[O-])nc2-c2ccc(Cl)cc2Cl)N=C(N)N1. The summed E-state index contributed by atoms with van der Waals surface area (Å²) in [5.74, 6) is 0.542. The van der Waals surface area contributed by atoms with Crippen molar-refractivity contribution >= 4 is 46.5 Å². The Morgan fingerprint density at radius 2 is 1.83 bits per heavy atom. The molecule has 0 aliphatic carbocycles. The van der Waals surface area contributed by atoms with E-state index in [-0.39, 0.29) is 16.7 Å². The molecule has 1 aliphatic heterocycles. The molecule has 180 valence electrons. The van der Waals surface area contributed by atoms with Crippen molar-refractivity contribution in [2.24, 2.45) is 15.7 Å². The van der Waals surface area contributed by atoms with Gasteiger partial charge in [-0.3, -0.25) is 25.5 Å². The van der Waals surface area contributed by atoms with E-state index in [1.807, 2.05) is 0 Å². The second-order valence-electron chi connectivity index (χ2n) is 7.55. The molecule has 3 aromatic rings. The molecule has 4 rings (SSSR count). The predicted molar refractivity (Wildman–Crippen MR) is 131 cm³/mol. The lowest BCUT2D eigenvalue weighted by atomic mass is 10.1. The fourth-order valence-corrected chi connectivity index (χ4v) is 3.88. The number of nitrogens with one attached hydrogen (secondary N) is 1. The van der Waals surface area contributed by atoms with Gasteiger partial charge in [0.25, 0.3) is 5.69 Å². The number of halogens is 2. The van der Waals surface area contributed by atoms with E-state index in [0.717, 1.165) is 12.1 Å². The van der Waals surface area contributed by atoms with Crippen molar-refractivity contribution < 1.29 is 9.85 Å². The summed E-state index contributed by atoms with van der Waals surface area (Å²) < 4.78 is 1.23. The van der Waals surface area contributed by atoms with E-state index < -0.39 is 27.4 Å². The molecule has 1 unspecified atom stereocenters. The minimum atomic E-state index is -0.860. The molecule has 1 aromatic heterocycles. The summed E-state index contributed by atoms with van der Waals surface area (Å²) in [6.45, 7) is 0. The number of rotatable bonds is 5. The van der Waals surface area contributed by atoms with Crippen LogP contribution in [0.15, 0.2) is 52.6 Å². The van der Waals surface area contributed by atoms with Crippen molar-refractivity contribution in [2.45, 2.75) is 6.17 Å². The molecule has 0 radical (unpaired) electrons. The first kappa shape index (κ1) is 23.9. The molecule has 2 aromatic carbocycles. The van der Waals surface area contributed by atoms with Crippen LogP contribution in [0.4, 0.5) is 11.4 Å². The fraction of sp³-hybridized carbons (Fsp3) is 0.150. The van der Waals surface area contributed by atoms with Crippen molar-refractivity contribution in [2.75, 3.05) is 14.1 Å². The molecule has 0 amide bonds. The summed E-state index contributed by atoms with van der Waals surface area (Å²) in [6.07, 6.45) is 0.638. The summed E-state index contributed by atoms with van der Waals surface area (Å²) in [5.41, 5.74) is 6.27. The van der Waals surface area contributed by atoms with Gasteiger partial charge in [-0.05, 0) is 24.3 Å². The number of nitrogens with two attached hydrogens (primary N) is 1. The molecule has 13 nitrogen and oxygen atoms in total. The first-order valence-electron chi connectivity index (χ1n) is 9.88. The zero-order valence-corrected chi connectivity index (χ0v) is 19.7. The van der Waals surface area contributed by atoms with Crippen LogP contribution in [0.25, 0.3) is 16.9 Å². The maximum absolute atomic E-state index is 11.7. The first-order chi connectivity index (χ1) is 16.5. The molecule has 0 saturated carbocycles. The van der Waals surface area contributed by atoms with Crippen LogP contribution in [0.3, 0.4) is 0 Å². The minimum Gasteiger partial charge on any atom is -0.370 e. The van der Waals surface area contributed by atoms with Crippen LogP contribution in [0.1, 0.15) is 11.7 Å². The van der Waals surface area contributed by atoms with Gasteiger partial charge in [-0.15, -0.1) is 0 Å². The van der Waals surface area contributed by atoms with Gasteiger partial charge in [0.1, 0.15) is 11.4 Å². The van der Waals surface area contributed by atoms with Crippen LogP contribution in [0.5, 0.6) is 0 Å². The highest BCUT2D eigenvalue weighted by Gasteiger charge is 2.28. The fourth-order valence-electron chi connectivity index (χ4n) is 3.38. The summed E-state index contributed by atoms with van der Waals surface area (Å²) in [5, 5.41) is 30.9. The number of hydrogen-bond acceptors (Lipinski definition) is 10. The van der Waals surface area contributed by atoms with E-state index >= 15 is 0 Å². The molecule has 0 fully saturated rings. The van der Waals surface area contributed by atoms with E-state index in [1.165, 1.54) is 23.0 Å². The number of nitro groups is 2. The third-order valence-electron chi connectivity index (χ3n) is 4.99. The number of hydrogen-bond donors (Lipinski definition) is 2. The molecule has 0 spiro atoms. The van der Waals surface area contributed by atoms with Gasteiger partial charge in [0, 0.05) is 42.5 Å². The highest BCUT2D eigenvalue weighted by atomic mass is 35.5. The van der Waals surface area contributed by atoms with Gasteiger partial charge in [0.2, 0.25) is 5.96 Å². The van der Waals surface area contributed by atoms with Crippen molar-refractivity contribution in [3.63, 3.8) is 0 Å². The van der Waals surface area contributed by atoms with E-state index in [1.54, 1.807) is 31.1 Å². The predicted octanol–water partition coefficient (Wildman–Crippen LogP) is 3.50. The molecule has 15 heteroatoms. The van der Waals surface area contributed by atoms with Crippen LogP contribution in [0, 0.1) is 20.2 Å². The third kappa shape index (κ3) is 4.72. The smallest absolute Gasteiger partial charge is 0.301 e. The maximum Gasteiger partial charge on any atom is 0.301 e. The van der Waals surface area contributed by atoms with E-state index in [2.05, 4.69) is 20.4 Å². The molecule has 35 heavy (non-hydrogen) atoms. The number of guanidine groups is 2. The highest BCUT2D eigenvalue weighted by molar-refractivity contribution is 6.36. The largest absolute Gasteiger partial charge is 0.370 e. The summed E-state index contributed by atoms with van der Waals surface area (Å²) in [7, 11) is 3.53. The Kier molecular flexibility index (Phi) is 6.28. The molecule has 3 N–H and O–H groups in total. The van der Waals surface area contributed by atoms with Gasteiger partial charge in [-0.1, -0.05) is 23.2 Å². The summed E-state index contributed by atoms with van der Waals surface area (Å²) in [4.78, 5) is 32.0. The molecule has 0 bridgehead atoms. The topological polar surface area (TPSA) is 170 Å². The molecule has 0 saturated heterocycles. The van der Waals surface area contributed by atoms with E-state index in [9.17, 15) is 20.2 Å². The lowest BCUT2D eigenvalue weighted by molar-refractivity contribution is -0.394. The second-order valence-corrected chi connectivity index (χ2v) is 8.39. The summed E-state index contributed by atoms with van der Waals surface area (Å²) in [6, 6.07) is 8.07. The number of aromatic nitrogens is 2. The number of non-ortho nitro benzene ring substituents is 1. The van der Waals surface area contributed by atoms with Crippen molar-refractivity contribution in [3.05, 3.63) is 78.4 Å². The summed E-state index contributed by atoms with van der Waals surface area (Å²) >= 11 is 12.5. The Morgan fingerprint density at radius 1 is 1.09 bits per heavy atom. The van der Waals surface area contributed by atoms with Crippen LogP contribution in [-0.2, 0) is 0 Å². The Bertz CT molecular complexity index is 1420. The second kappa shape index (κ2) is 9.19. The monoisotopic (exact) mass is 517 g/mol. The van der Waals surface area contributed by atoms with Crippen LogP contribution >= 0.6 is 23.2 Å². The van der Waals surface area contributed by atoms with Gasteiger partial charge in [-0.2, -0.15) is 5.10 Å². The first-order valence-corrected chi connectivity index (χ1v) is 10.6. The number of nitrogens with zero attached hydrogens (tertiary/aromatic N) is 7. The third-order valence-corrected chi connectivity index (χ3v) is 5.54. The van der Waals surface area contributed by atoms with Gasteiger partial charge < -0.3 is 10.6 Å². The lowest BCUT2D eigenvalue weighted by Gasteiger charge is -2.23. The quantitative estimate of drug-likeness (QED) is 0.382. The zero-order valence-electron chi connectivity index (χ0n) is 18.2. The van der Waals surface area contributed by atoms with Crippen LogP contribution in [0.2, 0.25) is 10.0 Å². The average molecular weight is 518 g/mol. The number of aliphatic imine (C=N–C) groups is 2. The van der Waals surface area contributed by atoms with Crippen LogP contribution < -0.4 is 11.1 Å². The van der Waals surface area contributed by atoms with Crippen LogP contribution in [-0.4, -0.2) is 50.5 Å². The number of benzene rings is 2. The normalized spacial score (nSPS) is 15.1.